The van der Waals surface area contributed by atoms with E-state index in [2.05, 4.69) is 57.9 Å². The number of rotatable bonds is 7. The number of aromatic nitrogens is 2. The van der Waals surface area contributed by atoms with Crippen LogP contribution in [0.2, 0.25) is 5.15 Å². The predicted octanol–water partition coefficient (Wildman–Crippen LogP) is 3.59. The fraction of sp³-hybridized carbons (Fsp3) is 0.500. The average molecular weight is 375 g/mol. The summed E-state index contributed by atoms with van der Waals surface area (Å²) in [4.78, 5) is 13.1. The molecule has 26 heavy (non-hydrogen) atoms. The average Bonchev–Trinajstić information content (AvgIpc) is 2.66. The van der Waals surface area contributed by atoms with E-state index in [9.17, 15) is 0 Å². The summed E-state index contributed by atoms with van der Waals surface area (Å²) in [6.45, 7) is 9.53. The van der Waals surface area contributed by atoms with Crippen LogP contribution >= 0.6 is 11.6 Å². The lowest BCUT2D eigenvalue weighted by atomic mass is 10.0. The molecule has 1 fully saturated rings. The van der Waals surface area contributed by atoms with Crippen LogP contribution in [0, 0.1) is 0 Å². The van der Waals surface area contributed by atoms with E-state index >= 15 is 0 Å². The van der Waals surface area contributed by atoms with Crippen molar-refractivity contribution >= 4 is 17.5 Å². The van der Waals surface area contributed by atoms with Crippen molar-refractivity contribution in [1.82, 2.24) is 14.9 Å². The molecule has 1 aromatic carbocycles. The van der Waals surface area contributed by atoms with Gasteiger partial charge in [-0.25, -0.2) is 9.97 Å². The highest BCUT2D eigenvalue weighted by molar-refractivity contribution is 6.29. The molecule has 1 aliphatic rings. The van der Waals surface area contributed by atoms with Gasteiger partial charge in [0.15, 0.2) is 0 Å². The molecule has 3 rings (SSSR count). The normalized spacial score (nSPS) is 15.6. The zero-order valence-corrected chi connectivity index (χ0v) is 16.3. The summed E-state index contributed by atoms with van der Waals surface area (Å²) in [6.07, 6.45) is 2.66. The van der Waals surface area contributed by atoms with Crippen molar-refractivity contribution in [3.8, 4) is 0 Å². The SMILES string of the molecule is CC(C)c1ccc(CCOCN2CCN(c3nccc(Cl)n3)CC2)cc1. The molecule has 0 amide bonds. The molecule has 0 bridgehead atoms. The minimum atomic E-state index is 0.488. The molecule has 0 radical (unpaired) electrons. The number of anilines is 1. The standard InChI is InChI=1S/C20H27ClN4O/c1-16(2)18-5-3-17(4-6-18)8-14-26-15-24-10-12-25(13-11-24)20-22-9-7-19(21)23-20/h3-7,9,16H,8,10-15H2,1-2H3. The Morgan fingerprint density at radius 2 is 1.81 bits per heavy atom. The van der Waals surface area contributed by atoms with Gasteiger partial charge >= 0.3 is 0 Å². The predicted molar refractivity (Wildman–Crippen MR) is 106 cm³/mol. The van der Waals surface area contributed by atoms with E-state index in [-0.39, 0.29) is 0 Å². The van der Waals surface area contributed by atoms with Gasteiger partial charge in [0.05, 0.1) is 13.3 Å². The molecule has 1 aromatic heterocycles. The van der Waals surface area contributed by atoms with Gasteiger partial charge in [-0.15, -0.1) is 0 Å². The second-order valence-electron chi connectivity index (χ2n) is 6.97. The lowest BCUT2D eigenvalue weighted by Gasteiger charge is -2.34. The summed E-state index contributed by atoms with van der Waals surface area (Å²) in [5, 5.41) is 0.488. The Kier molecular flexibility index (Phi) is 6.83. The smallest absolute Gasteiger partial charge is 0.226 e. The maximum atomic E-state index is 5.94. The van der Waals surface area contributed by atoms with Crippen LogP contribution in [-0.4, -0.2) is 54.4 Å². The van der Waals surface area contributed by atoms with Gasteiger partial charge in [-0.2, -0.15) is 0 Å². The maximum Gasteiger partial charge on any atom is 0.226 e. The molecule has 1 saturated heterocycles. The van der Waals surface area contributed by atoms with Crippen molar-refractivity contribution in [2.24, 2.45) is 0 Å². The Labute approximate surface area is 161 Å². The third-order valence-electron chi connectivity index (χ3n) is 4.72. The molecule has 6 heteroatoms. The number of ether oxygens (including phenoxy) is 1. The summed E-state index contributed by atoms with van der Waals surface area (Å²) in [7, 11) is 0. The monoisotopic (exact) mass is 374 g/mol. The van der Waals surface area contributed by atoms with E-state index in [4.69, 9.17) is 16.3 Å². The first-order valence-electron chi connectivity index (χ1n) is 9.24. The first-order chi connectivity index (χ1) is 12.6. The minimum absolute atomic E-state index is 0.488. The lowest BCUT2D eigenvalue weighted by molar-refractivity contribution is 0.0272. The second-order valence-corrected chi connectivity index (χ2v) is 7.36. The third-order valence-corrected chi connectivity index (χ3v) is 4.93. The fourth-order valence-corrected chi connectivity index (χ4v) is 3.14. The van der Waals surface area contributed by atoms with E-state index in [1.54, 1.807) is 12.3 Å². The van der Waals surface area contributed by atoms with Crippen LogP contribution in [0.3, 0.4) is 0 Å². The Bertz CT molecular complexity index is 684. The van der Waals surface area contributed by atoms with Crippen LogP contribution in [0.4, 0.5) is 5.95 Å². The lowest BCUT2D eigenvalue weighted by Crippen LogP contribution is -2.47. The van der Waals surface area contributed by atoms with E-state index < -0.39 is 0 Å². The van der Waals surface area contributed by atoms with E-state index in [0.717, 1.165) is 39.2 Å². The fourth-order valence-electron chi connectivity index (χ4n) is 3.01. The Morgan fingerprint density at radius 3 is 2.46 bits per heavy atom. The molecule has 0 saturated carbocycles. The summed E-state index contributed by atoms with van der Waals surface area (Å²) in [6, 6.07) is 10.6. The van der Waals surface area contributed by atoms with Gasteiger partial charge in [0.2, 0.25) is 5.95 Å². The van der Waals surface area contributed by atoms with Crippen molar-refractivity contribution in [1.29, 1.82) is 0 Å². The zero-order valence-electron chi connectivity index (χ0n) is 15.6. The van der Waals surface area contributed by atoms with Gasteiger partial charge in [0.25, 0.3) is 0 Å². The number of nitrogens with zero attached hydrogens (tertiary/aromatic N) is 4. The first kappa shape index (κ1) is 19.1. The zero-order chi connectivity index (χ0) is 18.4. The Morgan fingerprint density at radius 1 is 1.08 bits per heavy atom. The van der Waals surface area contributed by atoms with Gasteiger partial charge in [0.1, 0.15) is 5.15 Å². The molecule has 5 nitrogen and oxygen atoms in total. The van der Waals surface area contributed by atoms with E-state index in [1.807, 2.05) is 0 Å². The molecule has 140 valence electrons. The molecule has 2 aromatic rings. The van der Waals surface area contributed by atoms with E-state index in [0.29, 0.717) is 23.8 Å². The van der Waals surface area contributed by atoms with Crippen molar-refractivity contribution in [2.45, 2.75) is 26.2 Å². The van der Waals surface area contributed by atoms with Crippen LogP contribution in [0.5, 0.6) is 0 Å². The largest absolute Gasteiger partial charge is 0.366 e. The highest BCUT2D eigenvalue weighted by Crippen LogP contribution is 2.15. The number of benzene rings is 1. The highest BCUT2D eigenvalue weighted by atomic mass is 35.5. The van der Waals surface area contributed by atoms with Gasteiger partial charge in [-0.05, 0) is 29.5 Å². The summed E-state index contributed by atoms with van der Waals surface area (Å²) in [5.74, 6) is 1.29. The molecule has 2 heterocycles. The molecular formula is C20H27ClN4O. The van der Waals surface area contributed by atoms with Crippen molar-refractivity contribution in [2.75, 3.05) is 44.4 Å². The van der Waals surface area contributed by atoms with Crippen molar-refractivity contribution < 1.29 is 4.74 Å². The number of hydrogen-bond donors (Lipinski definition) is 0. The Balaban J connectivity index is 1.35. The van der Waals surface area contributed by atoms with Crippen LogP contribution < -0.4 is 4.90 Å². The first-order valence-corrected chi connectivity index (χ1v) is 9.62. The van der Waals surface area contributed by atoms with Gasteiger partial charge < -0.3 is 9.64 Å². The minimum Gasteiger partial charge on any atom is -0.366 e. The second kappa shape index (κ2) is 9.31. The number of hydrogen-bond acceptors (Lipinski definition) is 5. The van der Waals surface area contributed by atoms with Crippen LogP contribution in [0.25, 0.3) is 0 Å². The molecule has 0 unspecified atom stereocenters. The molecular weight excluding hydrogens is 348 g/mol. The Hall–Kier alpha value is -1.69. The van der Waals surface area contributed by atoms with Crippen LogP contribution in [0.1, 0.15) is 30.9 Å². The molecule has 0 aliphatic carbocycles. The van der Waals surface area contributed by atoms with Crippen LogP contribution in [0.15, 0.2) is 36.5 Å². The topological polar surface area (TPSA) is 41.5 Å². The van der Waals surface area contributed by atoms with Crippen LogP contribution in [-0.2, 0) is 11.2 Å². The highest BCUT2D eigenvalue weighted by Gasteiger charge is 2.18. The third kappa shape index (κ3) is 5.40. The molecule has 0 spiro atoms. The van der Waals surface area contributed by atoms with E-state index in [1.165, 1.54) is 11.1 Å². The molecule has 0 atom stereocenters. The van der Waals surface area contributed by atoms with Gasteiger partial charge in [0, 0.05) is 32.4 Å². The van der Waals surface area contributed by atoms with Gasteiger partial charge in [-0.3, -0.25) is 4.90 Å². The number of halogens is 1. The molecule has 1 aliphatic heterocycles. The quantitative estimate of drug-likeness (QED) is 0.547. The van der Waals surface area contributed by atoms with Crippen molar-refractivity contribution in [3.63, 3.8) is 0 Å². The molecule has 0 N–H and O–H groups in total. The summed E-state index contributed by atoms with van der Waals surface area (Å²) < 4.78 is 5.87. The summed E-state index contributed by atoms with van der Waals surface area (Å²) in [5.41, 5.74) is 2.72. The maximum absolute atomic E-state index is 5.94. The van der Waals surface area contributed by atoms with Crippen molar-refractivity contribution in [3.05, 3.63) is 52.8 Å². The van der Waals surface area contributed by atoms with Gasteiger partial charge in [-0.1, -0.05) is 49.7 Å². The number of piperazine rings is 1. The summed E-state index contributed by atoms with van der Waals surface area (Å²) >= 11 is 5.94.